The summed E-state index contributed by atoms with van der Waals surface area (Å²) in [5, 5.41) is 6.38. The lowest BCUT2D eigenvalue weighted by Gasteiger charge is -2.27. The molecule has 1 aromatic rings. The highest BCUT2D eigenvalue weighted by Crippen LogP contribution is 2.24. The summed E-state index contributed by atoms with van der Waals surface area (Å²) in [6.07, 6.45) is 3.05. The molecular weight excluding hydrogens is 272 g/mol. The lowest BCUT2D eigenvalue weighted by molar-refractivity contribution is -0.122. The third-order valence-corrected chi connectivity index (χ3v) is 4.03. The van der Waals surface area contributed by atoms with Gasteiger partial charge in [-0.2, -0.15) is 0 Å². The molecule has 0 spiro atoms. The number of hydrogen-bond acceptors (Lipinski definition) is 2. The Balaban J connectivity index is 0.00000200. The van der Waals surface area contributed by atoms with Crippen LogP contribution in [0.2, 0.25) is 0 Å². The maximum absolute atomic E-state index is 11.9. The van der Waals surface area contributed by atoms with Gasteiger partial charge in [-0.15, -0.1) is 12.4 Å². The molecule has 1 aromatic carbocycles. The number of piperidine rings is 1. The lowest BCUT2D eigenvalue weighted by atomic mass is 9.84. The van der Waals surface area contributed by atoms with E-state index in [4.69, 9.17) is 0 Å². The molecule has 0 aromatic heterocycles. The summed E-state index contributed by atoms with van der Waals surface area (Å²) in [5.41, 5.74) is 1.16. The van der Waals surface area contributed by atoms with Crippen molar-refractivity contribution in [2.24, 2.45) is 11.8 Å². The molecule has 0 saturated carbocycles. The van der Waals surface area contributed by atoms with Crippen LogP contribution >= 0.6 is 12.4 Å². The Labute approximate surface area is 127 Å². The topological polar surface area (TPSA) is 41.1 Å². The summed E-state index contributed by atoms with van der Waals surface area (Å²) < 4.78 is 0. The van der Waals surface area contributed by atoms with Crippen molar-refractivity contribution in [2.45, 2.75) is 32.7 Å². The number of nitrogens with one attached hydrogen (secondary N) is 2. The van der Waals surface area contributed by atoms with Gasteiger partial charge in [0.1, 0.15) is 0 Å². The van der Waals surface area contributed by atoms with Crippen LogP contribution in [-0.4, -0.2) is 19.0 Å². The minimum Gasteiger partial charge on any atom is -0.352 e. The Morgan fingerprint density at radius 1 is 1.30 bits per heavy atom. The van der Waals surface area contributed by atoms with Crippen LogP contribution in [-0.2, 0) is 11.3 Å². The fourth-order valence-electron chi connectivity index (χ4n) is 2.74. The summed E-state index contributed by atoms with van der Waals surface area (Å²) in [7, 11) is 0. The summed E-state index contributed by atoms with van der Waals surface area (Å²) >= 11 is 0. The quantitative estimate of drug-likeness (QED) is 0.877. The Hall–Kier alpha value is -1.06. The van der Waals surface area contributed by atoms with Gasteiger partial charge in [-0.05, 0) is 43.3 Å². The van der Waals surface area contributed by atoms with Crippen LogP contribution in [0.1, 0.15) is 31.7 Å². The van der Waals surface area contributed by atoms with Gasteiger partial charge in [0, 0.05) is 13.0 Å². The predicted octanol–water partition coefficient (Wildman–Crippen LogP) is 2.75. The van der Waals surface area contributed by atoms with Crippen LogP contribution < -0.4 is 10.6 Å². The van der Waals surface area contributed by atoms with Crippen LogP contribution in [0.5, 0.6) is 0 Å². The first-order valence-corrected chi connectivity index (χ1v) is 7.27. The first kappa shape index (κ1) is 17.0. The molecule has 0 radical (unpaired) electrons. The highest BCUT2D eigenvalue weighted by molar-refractivity contribution is 5.85. The second-order valence-corrected chi connectivity index (χ2v) is 5.53. The van der Waals surface area contributed by atoms with Crippen LogP contribution in [0, 0.1) is 11.8 Å². The molecule has 2 N–H and O–H groups in total. The smallest absolute Gasteiger partial charge is 0.220 e. The Morgan fingerprint density at radius 3 is 2.60 bits per heavy atom. The van der Waals surface area contributed by atoms with Crippen molar-refractivity contribution in [2.75, 3.05) is 13.1 Å². The van der Waals surface area contributed by atoms with E-state index in [0.29, 0.717) is 24.8 Å². The highest BCUT2D eigenvalue weighted by Gasteiger charge is 2.21. The SMILES string of the molecule is CC(CC(=O)NCc1ccccc1)C1CCNCC1.Cl. The Kier molecular flexibility index (Phi) is 7.63. The standard InChI is InChI=1S/C16H24N2O.ClH/c1-13(15-7-9-17-10-8-15)11-16(19)18-12-14-5-3-2-4-6-14;/h2-6,13,15,17H,7-12H2,1H3,(H,18,19);1H. The third kappa shape index (κ3) is 5.51. The van der Waals surface area contributed by atoms with Crippen molar-refractivity contribution >= 4 is 18.3 Å². The molecule has 20 heavy (non-hydrogen) atoms. The molecule has 1 saturated heterocycles. The molecule has 1 aliphatic heterocycles. The first-order chi connectivity index (χ1) is 9.25. The van der Waals surface area contributed by atoms with E-state index in [2.05, 4.69) is 17.6 Å². The number of benzene rings is 1. The maximum atomic E-state index is 11.9. The van der Waals surface area contributed by atoms with E-state index in [9.17, 15) is 4.79 Å². The van der Waals surface area contributed by atoms with Gasteiger partial charge in [-0.3, -0.25) is 4.79 Å². The van der Waals surface area contributed by atoms with E-state index in [1.807, 2.05) is 30.3 Å². The van der Waals surface area contributed by atoms with E-state index in [1.54, 1.807) is 0 Å². The van der Waals surface area contributed by atoms with Gasteiger partial charge in [0.05, 0.1) is 0 Å². The third-order valence-electron chi connectivity index (χ3n) is 4.03. The van der Waals surface area contributed by atoms with Gasteiger partial charge in [0.2, 0.25) is 5.91 Å². The van der Waals surface area contributed by atoms with Gasteiger partial charge in [-0.25, -0.2) is 0 Å². The van der Waals surface area contributed by atoms with Crippen molar-refractivity contribution < 1.29 is 4.79 Å². The molecule has 3 nitrogen and oxygen atoms in total. The summed E-state index contributed by atoms with van der Waals surface area (Å²) in [5.74, 6) is 1.36. The summed E-state index contributed by atoms with van der Waals surface area (Å²) in [6, 6.07) is 10.1. The number of carbonyl (C=O) groups is 1. The van der Waals surface area contributed by atoms with Crippen LogP contribution in [0.15, 0.2) is 30.3 Å². The van der Waals surface area contributed by atoms with E-state index in [-0.39, 0.29) is 18.3 Å². The zero-order valence-electron chi connectivity index (χ0n) is 12.1. The molecule has 0 bridgehead atoms. The summed E-state index contributed by atoms with van der Waals surface area (Å²) in [6.45, 7) is 5.04. The molecule has 1 atom stereocenters. The number of halogens is 1. The van der Waals surface area contributed by atoms with Crippen molar-refractivity contribution in [3.8, 4) is 0 Å². The Bertz CT molecular complexity index is 391. The average Bonchev–Trinajstić information content (AvgIpc) is 2.47. The monoisotopic (exact) mass is 296 g/mol. The minimum atomic E-state index is 0. The van der Waals surface area contributed by atoms with Crippen LogP contribution in [0.3, 0.4) is 0 Å². The molecule has 4 heteroatoms. The zero-order valence-corrected chi connectivity index (χ0v) is 12.9. The fourth-order valence-corrected chi connectivity index (χ4v) is 2.74. The average molecular weight is 297 g/mol. The van der Waals surface area contributed by atoms with Crippen molar-refractivity contribution in [1.29, 1.82) is 0 Å². The molecule has 2 rings (SSSR count). The normalized spacial score (nSPS) is 17.1. The number of hydrogen-bond donors (Lipinski definition) is 2. The molecule has 0 aliphatic carbocycles. The van der Waals surface area contributed by atoms with E-state index in [0.717, 1.165) is 18.7 Å². The molecular formula is C16H25ClN2O. The molecule has 1 aliphatic rings. The van der Waals surface area contributed by atoms with Gasteiger partial charge in [-0.1, -0.05) is 37.3 Å². The lowest BCUT2D eigenvalue weighted by Crippen LogP contribution is -2.33. The van der Waals surface area contributed by atoms with E-state index < -0.39 is 0 Å². The zero-order chi connectivity index (χ0) is 13.5. The largest absolute Gasteiger partial charge is 0.352 e. The number of rotatable bonds is 5. The van der Waals surface area contributed by atoms with Gasteiger partial charge < -0.3 is 10.6 Å². The maximum Gasteiger partial charge on any atom is 0.220 e. The number of carbonyl (C=O) groups excluding carboxylic acids is 1. The van der Waals surface area contributed by atoms with Crippen LogP contribution in [0.4, 0.5) is 0 Å². The fraction of sp³-hybridized carbons (Fsp3) is 0.562. The molecule has 1 unspecified atom stereocenters. The van der Waals surface area contributed by atoms with E-state index >= 15 is 0 Å². The van der Waals surface area contributed by atoms with Gasteiger partial charge in [0.25, 0.3) is 0 Å². The van der Waals surface area contributed by atoms with E-state index in [1.165, 1.54) is 12.8 Å². The predicted molar refractivity (Wildman–Crippen MR) is 84.9 cm³/mol. The second kappa shape index (κ2) is 8.98. The van der Waals surface area contributed by atoms with Crippen molar-refractivity contribution in [3.63, 3.8) is 0 Å². The number of amides is 1. The minimum absolute atomic E-state index is 0. The van der Waals surface area contributed by atoms with Gasteiger partial charge >= 0.3 is 0 Å². The molecule has 1 heterocycles. The highest BCUT2D eigenvalue weighted by atomic mass is 35.5. The summed E-state index contributed by atoms with van der Waals surface area (Å²) in [4.78, 5) is 11.9. The van der Waals surface area contributed by atoms with Crippen LogP contribution in [0.25, 0.3) is 0 Å². The molecule has 1 fully saturated rings. The second-order valence-electron chi connectivity index (χ2n) is 5.53. The molecule has 1 amide bonds. The Morgan fingerprint density at radius 2 is 1.95 bits per heavy atom. The van der Waals surface area contributed by atoms with Gasteiger partial charge in [0.15, 0.2) is 0 Å². The molecule has 112 valence electrons. The first-order valence-electron chi connectivity index (χ1n) is 7.27. The van der Waals surface area contributed by atoms with Crippen molar-refractivity contribution in [3.05, 3.63) is 35.9 Å². The van der Waals surface area contributed by atoms with Crippen molar-refractivity contribution in [1.82, 2.24) is 10.6 Å².